The lowest BCUT2D eigenvalue weighted by Crippen LogP contribution is -2.17. The number of carbonyl (C=O) groups excluding carboxylic acids is 1. The van der Waals surface area contributed by atoms with Crippen molar-refractivity contribution in [2.75, 3.05) is 17.1 Å². The van der Waals surface area contributed by atoms with Gasteiger partial charge in [-0.25, -0.2) is 8.42 Å². The van der Waals surface area contributed by atoms with Gasteiger partial charge in [0.05, 0.1) is 29.8 Å². The normalized spacial score (nSPS) is 11.0. The van der Waals surface area contributed by atoms with E-state index in [1.54, 1.807) is 24.3 Å². The van der Waals surface area contributed by atoms with Gasteiger partial charge < -0.3 is 15.2 Å². The van der Waals surface area contributed by atoms with Gasteiger partial charge in [0.25, 0.3) is 10.0 Å². The maximum absolute atomic E-state index is 12.8. The Hall–Kier alpha value is -3.52. The molecule has 3 aromatic rings. The summed E-state index contributed by atoms with van der Waals surface area (Å²) >= 11 is 0. The predicted octanol–water partition coefficient (Wildman–Crippen LogP) is 3.69. The van der Waals surface area contributed by atoms with E-state index in [9.17, 15) is 18.3 Å². The third-order valence-electron chi connectivity index (χ3n) is 4.52. The number of anilines is 2. The Morgan fingerprint density at radius 2 is 1.70 bits per heavy atom. The summed E-state index contributed by atoms with van der Waals surface area (Å²) in [6.45, 7) is 1.90. The molecule has 0 aliphatic heterocycles. The topological polar surface area (TPSA) is 105 Å². The highest BCUT2D eigenvalue weighted by Crippen LogP contribution is 2.30. The summed E-state index contributed by atoms with van der Waals surface area (Å²) in [4.78, 5) is 12.3. The summed E-state index contributed by atoms with van der Waals surface area (Å²) in [7, 11) is -2.54. The number of phenolic OH excluding ortho intramolecular Hbond substituents is 1. The number of aryl methyl sites for hydroxylation is 1. The molecule has 30 heavy (non-hydrogen) atoms. The molecule has 0 atom stereocenters. The molecular weight excluding hydrogens is 404 g/mol. The average molecular weight is 426 g/mol. The lowest BCUT2D eigenvalue weighted by molar-refractivity contribution is -0.115. The van der Waals surface area contributed by atoms with Crippen LogP contribution in [0.15, 0.2) is 71.6 Å². The van der Waals surface area contributed by atoms with Gasteiger partial charge in [-0.1, -0.05) is 36.4 Å². The van der Waals surface area contributed by atoms with Crippen molar-refractivity contribution in [3.05, 3.63) is 77.9 Å². The van der Waals surface area contributed by atoms with Crippen LogP contribution in [0.1, 0.15) is 11.1 Å². The Labute approximate surface area is 175 Å². The lowest BCUT2D eigenvalue weighted by atomic mass is 10.1. The minimum Gasteiger partial charge on any atom is -0.506 e. The zero-order chi connectivity index (χ0) is 21.7. The van der Waals surface area contributed by atoms with Crippen LogP contribution in [0.2, 0.25) is 0 Å². The van der Waals surface area contributed by atoms with E-state index in [-0.39, 0.29) is 34.3 Å². The van der Waals surface area contributed by atoms with Crippen molar-refractivity contribution in [3.8, 4) is 11.5 Å². The minimum atomic E-state index is -3.98. The van der Waals surface area contributed by atoms with Crippen molar-refractivity contribution in [1.29, 1.82) is 0 Å². The molecule has 0 fully saturated rings. The van der Waals surface area contributed by atoms with Crippen molar-refractivity contribution in [2.24, 2.45) is 0 Å². The molecule has 3 rings (SSSR count). The fourth-order valence-corrected chi connectivity index (χ4v) is 3.99. The van der Waals surface area contributed by atoms with Crippen molar-refractivity contribution < 1.29 is 23.1 Å². The first-order valence-corrected chi connectivity index (χ1v) is 10.6. The van der Waals surface area contributed by atoms with E-state index in [4.69, 9.17) is 4.74 Å². The maximum Gasteiger partial charge on any atom is 0.262 e. The second-order valence-electron chi connectivity index (χ2n) is 6.64. The van der Waals surface area contributed by atoms with Crippen molar-refractivity contribution in [1.82, 2.24) is 0 Å². The summed E-state index contributed by atoms with van der Waals surface area (Å²) < 4.78 is 33.2. The van der Waals surface area contributed by atoms with Gasteiger partial charge in [-0.15, -0.1) is 0 Å². The molecule has 0 aliphatic rings. The standard InChI is InChI=1S/C22H22N2O5S/c1-15-7-3-4-8-16(15)13-22(26)23-19-14-17(11-12-20(19)25)30(27,28)24-18-9-5-6-10-21(18)29-2/h3-12,14,24-25H,13H2,1-2H3,(H,23,26). The molecule has 3 aromatic carbocycles. The van der Waals surface area contributed by atoms with Crippen molar-refractivity contribution in [2.45, 2.75) is 18.2 Å². The summed E-state index contributed by atoms with van der Waals surface area (Å²) in [6, 6.07) is 17.7. The zero-order valence-electron chi connectivity index (χ0n) is 16.5. The van der Waals surface area contributed by atoms with Gasteiger partial charge in [-0.05, 0) is 48.4 Å². The van der Waals surface area contributed by atoms with E-state index < -0.39 is 10.0 Å². The summed E-state index contributed by atoms with van der Waals surface area (Å²) in [6.07, 6.45) is 0.0998. The molecule has 0 unspecified atom stereocenters. The lowest BCUT2D eigenvalue weighted by Gasteiger charge is -2.13. The van der Waals surface area contributed by atoms with Gasteiger partial charge in [-0.3, -0.25) is 9.52 Å². The second kappa shape index (κ2) is 8.87. The molecule has 0 bridgehead atoms. The largest absolute Gasteiger partial charge is 0.506 e. The molecule has 3 N–H and O–H groups in total. The van der Waals surface area contributed by atoms with Gasteiger partial charge in [0, 0.05) is 0 Å². The number of para-hydroxylation sites is 2. The molecule has 156 valence electrons. The van der Waals surface area contributed by atoms with Crippen LogP contribution in [0, 0.1) is 6.92 Å². The number of sulfonamides is 1. The SMILES string of the molecule is COc1ccccc1NS(=O)(=O)c1ccc(O)c(NC(=O)Cc2ccccc2C)c1. The predicted molar refractivity (Wildman–Crippen MR) is 115 cm³/mol. The monoisotopic (exact) mass is 426 g/mol. The van der Waals surface area contributed by atoms with Gasteiger partial charge in [0.15, 0.2) is 0 Å². The van der Waals surface area contributed by atoms with E-state index in [1.165, 1.54) is 25.3 Å². The number of ether oxygens (including phenoxy) is 1. The first kappa shape index (κ1) is 21.2. The number of aromatic hydroxyl groups is 1. The Balaban J connectivity index is 1.82. The molecule has 0 saturated carbocycles. The number of hydrogen-bond donors (Lipinski definition) is 3. The van der Waals surface area contributed by atoms with E-state index in [0.29, 0.717) is 5.75 Å². The van der Waals surface area contributed by atoms with E-state index >= 15 is 0 Å². The van der Waals surface area contributed by atoms with Crippen molar-refractivity contribution >= 4 is 27.3 Å². The fourth-order valence-electron chi connectivity index (χ4n) is 2.89. The van der Waals surface area contributed by atoms with Crippen LogP contribution < -0.4 is 14.8 Å². The molecule has 0 radical (unpaired) electrons. The van der Waals surface area contributed by atoms with Crippen LogP contribution in [0.25, 0.3) is 0 Å². The number of amides is 1. The fraction of sp³-hybridized carbons (Fsp3) is 0.136. The Bertz CT molecular complexity index is 1180. The Morgan fingerprint density at radius 3 is 2.43 bits per heavy atom. The number of phenols is 1. The summed E-state index contributed by atoms with van der Waals surface area (Å²) in [5.74, 6) is -0.233. The van der Waals surface area contributed by atoms with Gasteiger partial charge in [0.1, 0.15) is 11.5 Å². The molecule has 1 amide bonds. The van der Waals surface area contributed by atoms with Crippen molar-refractivity contribution in [3.63, 3.8) is 0 Å². The zero-order valence-corrected chi connectivity index (χ0v) is 17.4. The smallest absolute Gasteiger partial charge is 0.262 e. The summed E-state index contributed by atoms with van der Waals surface area (Å²) in [5.41, 5.74) is 2.10. The number of carbonyl (C=O) groups is 1. The minimum absolute atomic E-state index is 0.0106. The molecule has 8 heteroatoms. The molecule has 0 saturated heterocycles. The van der Waals surface area contributed by atoms with Crippen LogP contribution in [0.3, 0.4) is 0 Å². The number of benzene rings is 3. The highest BCUT2D eigenvalue weighted by atomic mass is 32.2. The second-order valence-corrected chi connectivity index (χ2v) is 8.32. The number of hydrogen-bond acceptors (Lipinski definition) is 5. The van der Waals surface area contributed by atoms with Crippen LogP contribution in [0.4, 0.5) is 11.4 Å². The Morgan fingerprint density at radius 1 is 1.00 bits per heavy atom. The molecule has 0 aliphatic carbocycles. The Kier molecular flexibility index (Phi) is 6.27. The van der Waals surface area contributed by atoms with Gasteiger partial charge in [-0.2, -0.15) is 0 Å². The molecule has 7 nitrogen and oxygen atoms in total. The van der Waals surface area contributed by atoms with Crippen LogP contribution >= 0.6 is 0 Å². The van der Waals surface area contributed by atoms with Crippen LogP contribution in [-0.4, -0.2) is 26.5 Å². The first-order valence-electron chi connectivity index (χ1n) is 9.13. The van der Waals surface area contributed by atoms with Gasteiger partial charge in [0.2, 0.25) is 5.91 Å². The molecular formula is C22H22N2O5S. The summed E-state index contributed by atoms with van der Waals surface area (Å²) in [5, 5.41) is 12.7. The van der Waals surface area contributed by atoms with Crippen LogP contribution in [0.5, 0.6) is 11.5 Å². The highest BCUT2D eigenvalue weighted by molar-refractivity contribution is 7.92. The van der Waals surface area contributed by atoms with Gasteiger partial charge >= 0.3 is 0 Å². The number of nitrogens with one attached hydrogen (secondary N) is 2. The van der Waals surface area contributed by atoms with E-state index in [1.807, 2.05) is 31.2 Å². The number of methoxy groups -OCH3 is 1. The van der Waals surface area contributed by atoms with Crippen LogP contribution in [-0.2, 0) is 21.2 Å². The average Bonchev–Trinajstić information content (AvgIpc) is 2.71. The first-order chi connectivity index (χ1) is 14.3. The quantitative estimate of drug-likeness (QED) is 0.500. The van der Waals surface area contributed by atoms with E-state index in [2.05, 4.69) is 10.0 Å². The third-order valence-corrected chi connectivity index (χ3v) is 5.88. The molecule has 0 heterocycles. The number of rotatable bonds is 7. The highest BCUT2D eigenvalue weighted by Gasteiger charge is 2.19. The molecule has 0 aromatic heterocycles. The molecule has 0 spiro atoms. The maximum atomic E-state index is 12.8. The third kappa shape index (κ3) is 4.90. The van der Waals surface area contributed by atoms with E-state index in [0.717, 1.165) is 11.1 Å².